The van der Waals surface area contributed by atoms with Crippen LogP contribution in [-0.2, 0) is 4.74 Å². The molecule has 112 valence electrons. The normalized spacial score (nSPS) is 18.8. The molecule has 1 unspecified atom stereocenters. The molecule has 4 nitrogen and oxygen atoms in total. The molecule has 0 amide bonds. The van der Waals surface area contributed by atoms with Gasteiger partial charge in [-0.05, 0) is 6.07 Å². The van der Waals surface area contributed by atoms with E-state index in [0.717, 1.165) is 0 Å². The summed E-state index contributed by atoms with van der Waals surface area (Å²) < 4.78 is 46.7. The van der Waals surface area contributed by atoms with Crippen LogP contribution >= 0.6 is 0 Å². The van der Waals surface area contributed by atoms with Crippen LogP contribution in [0.5, 0.6) is 5.75 Å². The Balaban J connectivity index is 2.24. The van der Waals surface area contributed by atoms with Crippen LogP contribution in [0.4, 0.5) is 13.2 Å². The number of hydrogen-bond acceptors (Lipinski definition) is 4. The summed E-state index contributed by atoms with van der Waals surface area (Å²) in [5, 5.41) is 0. The third-order valence-corrected chi connectivity index (χ3v) is 3.21. The minimum Gasteiger partial charge on any atom is -0.405 e. The smallest absolute Gasteiger partial charge is 0.405 e. The summed E-state index contributed by atoms with van der Waals surface area (Å²) in [4.78, 5) is 2.02. The van der Waals surface area contributed by atoms with E-state index in [-0.39, 0.29) is 18.3 Å². The van der Waals surface area contributed by atoms with Crippen LogP contribution in [0.2, 0.25) is 0 Å². The molecule has 2 N–H and O–H groups in total. The number of nitrogens with zero attached hydrogens (tertiary/aromatic N) is 1. The highest BCUT2D eigenvalue weighted by atomic mass is 19.4. The lowest BCUT2D eigenvalue weighted by Crippen LogP contribution is -2.42. The van der Waals surface area contributed by atoms with Crippen molar-refractivity contribution < 1.29 is 22.6 Å². The van der Waals surface area contributed by atoms with Gasteiger partial charge in [0.15, 0.2) is 0 Å². The SMILES string of the molecule is NCC(c1ccccc1OC(F)(F)F)N1CCOCC1. The zero-order valence-corrected chi connectivity index (χ0v) is 10.9. The summed E-state index contributed by atoms with van der Waals surface area (Å²) in [7, 11) is 0. The quantitative estimate of drug-likeness (QED) is 0.920. The highest BCUT2D eigenvalue weighted by Gasteiger charge is 2.33. The summed E-state index contributed by atoms with van der Waals surface area (Å²) in [5.74, 6) is -0.193. The second-order valence-electron chi connectivity index (χ2n) is 4.49. The molecular formula is C13H17F3N2O2. The van der Waals surface area contributed by atoms with Crippen molar-refractivity contribution in [3.8, 4) is 5.75 Å². The van der Waals surface area contributed by atoms with Crippen LogP contribution in [0.25, 0.3) is 0 Å². The fraction of sp³-hybridized carbons (Fsp3) is 0.538. The first kappa shape index (κ1) is 15.1. The molecule has 1 fully saturated rings. The average molecular weight is 290 g/mol. The van der Waals surface area contributed by atoms with Crippen LogP contribution in [0.1, 0.15) is 11.6 Å². The second-order valence-corrected chi connectivity index (χ2v) is 4.49. The Morgan fingerprint density at radius 3 is 2.50 bits per heavy atom. The van der Waals surface area contributed by atoms with Gasteiger partial charge < -0.3 is 15.2 Å². The average Bonchev–Trinajstić information content (AvgIpc) is 2.41. The van der Waals surface area contributed by atoms with Gasteiger partial charge in [-0.1, -0.05) is 18.2 Å². The summed E-state index contributed by atoms with van der Waals surface area (Å²) in [5.41, 5.74) is 6.20. The van der Waals surface area contributed by atoms with Gasteiger partial charge in [0, 0.05) is 25.2 Å². The highest BCUT2D eigenvalue weighted by molar-refractivity contribution is 5.36. The predicted molar refractivity (Wildman–Crippen MR) is 67.3 cm³/mol. The molecule has 0 bridgehead atoms. The molecule has 1 heterocycles. The van der Waals surface area contributed by atoms with Crippen molar-refractivity contribution >= 4 is 0 Å². The van der Waals surface area contributed by atoms with E-state index in [2.05, 4.69) is 4.74 Å². The Kier molecular flexibility index (Phi) is 4.85. The van der Waals surface area contributed by atoms with E-state index in [1.54, 1.807) is 12.1 Å². The van der Waals surface area contributed by atoms with Crippen LogP contribution in [0, 0.1) is 0 Å². The Morgan fingerprint density at radius 1 is 1.25 bits per heavy atom. The van der Waals surface area contributed by atoms with Crippen LogP contribution in [0.15, 0.2) is 24.3 Å². The molecule has 7 heteroatoms. The van der Waals surface area contributed by atoms with Gasteiger partial charge in [0.2, 0.25) is 0 Å². The van der Waals surface area contributed by atoms with Gasteiger partial charge in [0.05, 0.1) is 19.3 Å². The molecule has 1 atom stereocenters. The van der Waals surface area contributed by atoms with Gasteiger partial charge >= 0.3 is 6.36 Å². The zero-order valence-electron chi connectivity index (χ0n) is 10.9. The lowest BCUT2D eigenvalue weighted by atomic mass is 10.0. The molecule has 20 heavy (non-hydrogen) atoms. The molecule has 2 rings (SSSR count). The van der Waals surface area contributed by atoms with Gasteiger partial charge in [-0.3, -0.25) is 4.90 Å². The number of morpholine rings is 1. The second kappa shape index (κ2) is 6.43. The van der Waals surface area contributed by atoms with E-state index in [4.69, 9.17) is 10.5 Å². The fourth-order valence-electron chi connectivity index (χ4n) is 2.34. The third kappa shape index (κ3) is 3.84. The molecule has 0 saturated carbocycles. The molecule has 0 radical (unpaired) electrons. The van der Waals surface area contributed by atoms with Crippen molar-refractivity contribution in [3.05, 3.63) is 29.8 Å². The van der Waals surface area contributed by atoms with Gasteiger partial charge in [0.25, 0.3) is 0 Å². The number of alkyl halides is 3. The van der Waals surface area contributed by atoms with Crippen molar-refractivity contribution in [1.29, 1.82) is 0 Å². The molecule has 1 aliphatic rings. The Bertz CT molecular complexity index is 434. The first-order valence-corrected chi connectivity index (χ1v) is 6.38. The lowest BCUT2D eigenvalue weighted by molar-refractivity contribution is -0.275. The lowest BCUT2D eigenvalue weighted by Gasteiger charge is -2.34. The number of hydrogen-bond donors (Lipinski definition) is 1. The molecule has 1 aromatic carbocycles. The van der Waals surface area contributed by atoms with E-state index in [0.29, 0.717) is 31.9 Å². The van der Waals surface area contributed by atoms with Crippen molar-refractivity contribution in [1.82, 2.24) is 4.90 Å². The van der Waals surface area contributed by atoms with E-state index in [1.165, 1.54) is 12.1 Å². The standard InChI is InChI=1S/C13H17F3N2O2/c14-13(15,16)20-12-4-2-1-3-10(12)11(9-17)18-5-7-19-8-6-18/h1-4,11H,5-9,17H2. The summed E-state index contributed by atoms with van der Waals surface area (Å²) >= 11 is 0. The summed E-state index contributed by atoms with van der Waals surface area (Å²) in [6.07, 6.45) is -4.71. The molecule has 1 saturated heterocycles. The van der Waals surface area contributed by atoms with Crippen LogP contribution in [0.3, 0.4) is 0 Å². The summed E-state index contributed by atoms with van der Waals surface area (Å²) in [6.45, 7) is 2.61. The maximum atomic E-state index is 12.4. The van der Waals surface area contributed by atoms with Gasteiger partial charge in [0.1, 0.15) is 5.75 Å². The van der Waals surface area contributed by atoms with Gasteiger partial charge in [-0.15, -0.1) is 13.2 Å². The maximum Gasteiger partial charge on any atom is 0.573 e. The number of benzene rings is 1. The Morgan fingerprint density at radius 2 is 1.90 bits per heavy atom. The van der Waals surface area contributed by atoms with Crippen molar-refractivity contribution in [2.75, 3.05) is 32.8 Å². The molecule has 0 spiro atoms. The molecule has 1 aliphatic heterocycles. The van der Waals surface area contributed by atoms with Gasteiger partial charge in [-0.25, -0.2) is 0 Å². The fourth-order valence-corrected chi connectivity index (χ4v) is 2.34. The minimum absolute atomic E-state index is 0.193. The number of nitrogens with two attached hydrogens (primary N) is 1. The van der Waals surface area contributed by atoms with Crippen LogP contribution in [-0.4, -0.2) is 44.1 Å². The van der Waals surface area contributed by atoms with Crippen LogP contribution < -0.4 is 10.5 Å². The highest BCUT2D eigenvalue weighted by Crippen LogP contribution is 2.32. The minimum atomic E-state index is -4.71. The number of rotatable bonds is 4. The van der Waals surface area contributed by atoms with E-state index in [1.807, 2.05) is 4.90 Å². The third-order valence-electron chi connectivity index (χ3n) is 3.21. The zero-order chi connectivity index (χ0) is 14.6. The number of para-hydroxylation sites is 1. The predicted octanol–water partition coefficient (Wildman–Crippen LogP) is 1.92. The summed E-state index contributed by atoms with van der Waals surface area (Å²) in [6, 6.07) is 5.82. The largest absolute Gasteiger partial charge is 0.573 e. The number of halogens is 3. The number of ether oxygens (including phenoxy) is 2. The molecule has 1 aromatic rings. The van der Waals surface area contributed by atoms with Crippen molar-refractivity contribution in [3.63, 3.8) is 0 Å². The Hall–Kier alpha value is -1.31. The molecular weight excluding hydrogens is 273 g/mol. The van der Waals surface area contributed by atoms with E-state index >= 15 is 0 Å². The topological polar surface area (TPSA) is 47.7 Å². The van der Waals surface area contributed by atoms with Crippen molar-refractivity contribution in [2.45, 2.75) is 12.4 Å². The molecule has 0 aliphatic carbocycles. The maximum absolute atomic E-state index is 12.4. The first-order valence-electron chi connectivity index (χ1n) is 6.38. The van der Waals surface area contributed by atoms with Gasteiger partial charge in [-0.2, -0.15) is 0 Å². The molecule has 0 aromatic heterocycles. The first-order chi connectivity index (χ1) is 9.51. The Labute approximate surface area is 115 Å². The van der Waals surface area contributed by atoms with Crippen molar-refractivity contribution in [2.24, 2.45) is 5.73 Å². The van der Waals surface area contributed by atoms with E-state index in [9.17, 15) is 13.2 Å². The van der Waals surface area contributed by atoms with E-state index < -0.39 is 6.36 Å². The monoisotopic (exact) mass is 290 g/mol.